The summed E-state index contributed by atoms with van der Waals surface area (Å²) in [4.78, 5) is 26.9. The van der Waals surface area contributed by atoms with Gasteiger partial charge in [-0.15, -0.1) is 0 Å². The molecule has 0 aliphatic carbocycles. The van der Waals surface area contributed by atoms with Crippen LogP contribution in [0.1, 0.15) is 12.0 Å². The van der Waals surface area contributed by atoms with Gasteiger partial charge in [-0.1, -0.05) is 0 Å². The van der Waals surface area contributed by atoms with Crippen LogP contribution in [0.2, 0.25) is 0 Å². The van der Waals surface area contributed by atoms with Crippen LogP contribution in [-0.4, -0.2) is 46.8 Å². The number of carbonyl (C=O) groups is 1. The van der Waals surface area contributed by atoms with Crippen molar-refractivity contribution < 1.29 is 19.6 Å². The van der Waals surface area contributed by atoms with E-state index in [1.807, 2.05) is 4.90 Å². The number of hydrogen-bond acceptors (Lipinski definition) is 6. The van der Waals surface area contributed by atoms with E-state index < -0.39 is 17.0 Å². The molecular weight excluding hydrogens is 266 g/mol. The monoisotopic (exact) mass is 281 g/mol. The molecule has 0 amide bonds. The van der Waals surface area contributed by atoms with Crippen LogP contribution in [0.15, 0.2) is 12.3 Å². The van der Waals surface area contributed by atoms with Crippen LogP contribution < -0.4 is 4.90 Å². The number of nitro groups is 1. The third-order valence-electron chi connectivity index (χ3n) is 3.09. The Morgan fingerprint density at radius 1 is 1.70 bits per heavy atom. The summed E-state index contributed by atoms with van der Waals surface area (Å²) in [5.74, 6) is -0.278. The topological polar surface area (TPSA) is 106 Å². The first kappa shape index (κ1) is 14.2. The number of anilines is 1. The van der Waals surface area contributed by atoms with Crippen LogP contribution in [0.25, 0.3) is 0 Å². The van der Waals surface area contributed by atoms with Crippen molar-refractivity contribution in [2.24, 2.45) is 0 Å². The Labute approximate surface area is 115 Å². The Morgan fingerprint density at radius 2 is 2.45 bits per heavy atom. The van der Waals surface area contributed by atoms with Gasteiger partial charge in [0.2, 0.25) is 0 Å². The smallest absolute Gasteiger partial charge is 0.306 e. The summed E-state index contributed by atoms with van der Waals surface area (Å²) >= 11 is 0. The Morgan fingerprint density at radius 3 is 3.05 bits per heavy atom. The van der Waals surface area contributed by atoms with E-state index in [4.69, 9.17) is 9.84 Å². The van der Waals surface area contributed by atoms with E-state index >= 15 is 0 Å². The van der Waals surface area contributed by atoms with E-state index in [9.17, 15) is 14.9 Å². The molecule has 8 nitrogen and oxygen atoms in total. The molecule has 1 aliphatic heterocycles. The third-order valence-corrected chi connectivity index (χ3v) is 3.09. The third kappa shape index (κ3) is 3.21. The normalized spacial score (nSPS) is 18.9. The molecule has 0 spiro atoms. The van der Waals surface area contributed by atoms with Gasteiger partial charge in [0.05, 0.1) is 24.1 Å². The molecule has 1 N–H and O–H groups in total. The van der Waals surface area contributed by atoms with E-state index in [-0.39, 0.29) is 12.1 Å². The van der Waals surface area contributed by atoms with E-state index in [0.29, 0.717) is 31.1 Å². The molecule has 1 aromatic heterocycles. The zero-order valence-electron chi connectivity index (χ0n) is 11.0. The minimum Gasteiger partial charge on any atom is -0.481 e. The predicted molar refractivity (Wildman–Crippen MR) is 69.8 cm³/mol. The summed E-state index contributed by atoms with van der Waals surface area (Å²) in [7, 11) is 0. The molecule has 1 fully saturated rings. The zero-order chi connectivity index (χ0) is 14.7. The van der Waals surface area contributed by atoms with Crippen molar-refractivity contribution in [3.63, 3.8) is 0 Å². The van der Waals surface area contributed by atoms with E-state index in [2.05, 4.69) is 4.98 Å². The maximum atomic E-state index is 10.7. The molecule has 1 unspecified atom stereocenters. The lowest BCUT2D eigenvalue weighted by molar-refractivity contribution is -0.385. The van der Waals surface area contributed by atoms with Crippen molar-refractivity contribution >= 4 is 17.5 Å². The highest BCUT2D eigenvalue weighted by Crippen LogP contribution is 2.23. The average Bonchev–Trinajstić information content (AvgIpc) is 2.38. The molecule has 2 heterocycles. The van der Waals surface area contributed by atoms with Crippen molar-refractivity contribution in [2.75, 3.05) is 24.6 Å². The summed E-state index contributed by atoms with van der Waals surface area (Å²) < 4.78 is 5.38. The summed E-state index contributed by atoms with van der Waals surface area (Å²) in [5, 5.41) is 19.5. The van der Waals surface area contributed by atoms with Gasteiger partial charge in [0.1, 0.15) is 12.0 Å². The molecule has 0 bridgehead atoms. The Balaban J connectivity index is 2.14. The fourth-order valence-corrected chi connectivity index (χ4v) is 2.21. The van der Waals surface area contributed by atoms with Gasteiger partial charge < -0.3 is 14.7 Å². The van der Waals surface area contributed by atoms with Crippen LogP contribution in [-0.2, 0) is 9.53 Å². The standard InChI is InChI=1S/C12H15N3O5/c1-8-4-9(15(18)19)6-13-12(8)14-2-3-20-10(7-14)5-11(16)17/h4,6,10H,2-3,5,7H2,1H3,(H,16,17). The van der Waals surface area contributed by atoms with Gasteiger partial charge in [0.15, 0.2) is 0 Å². The van der Waals surface area contributed by atoms with Crippen LogP contribution in [0, 0.1) is 17.0 Å². The van der Waals surface area contributed by atoms with Crippen molar-refractivity contribution in [2.45, 2.75) is 19.4 Å². The minimum atomic E-state index is -0.912. The number of carboxylic acids is 1. The van der Waals surface area contributed by atoms with Gasteiger partial charge in [0.25, 0.3) is 5.69 Å². The highest BCUT2D eigenvalue weighted by molar-refractivity contribution is 5.67. The van der Waals surface area contributed by atoms with Crippen LogP contribution in [0.3, 0.4) is 0 Å². The highest BCUT2D eigenvalue weighted by Gasteiger charge is 2.25. The maximum Gasteiger partial charge on any atom is 0.306 e. The first-order valence-electron chi connectivity index (χ1n) is 6.16. The number of aryl methyl sites for hydroxylation is 1. The lowest BCUT2D eigenvalue weighted by Gasteiger charge is -2.33. The minimum absolute atomic E-state index is 0.0541. The molecule has 1 saturated heterocycles. The van der Waals surface area contributed by atoms with E-state index in [0.717, 1.165) is 0 Å². The highest BCUT2D eigenvalue weighted by atomic mass is 16.6. The van der Waals surface area contributed by atoms with Gasteiger partial charge in [-0.05, 0) is 12.5 Å². The van der Waals surface area contributed by atoms with Gasteiger partial charge in [0, 0.05) is 19.2 Å². The fraction of sp³-hybridized carbons (Fsp3) is 0.500. The lowest BCUT2D eigenvalue weighted by Crippen LogP contribution is -2.44. The molecule has 1 aromatic rings. The number of ether oxygens (including phenoxy) is 1. The second-order valence-electron chi connectivity index (χ2n) is 4.63. The number of nitrogens with zero attached hydrogens (tertiary/aromatic N) is 3. The number of morpholine rings is 1. The van der Waals surface area contributed by atoms with Crippen molar-refractivity contribution in [3.05, 3.63) is 27.9 Å². The molecule has 1 aliphatic rings. The van der Waals surface area contributed by atoms with Gasteiger partial charge in [-0.2, -0.15) is 0 Å². The number of carboxylic acid groups (broad SMARTS) is 1. The van der Waals surface area contributed by atoms with Crippen molar-refractivity contribution in [1.29, 1.82) is 0 Å². The first-order chi connectivity index (χ1) is 9.47. The largest absolute Gasteiger partial charge is 0.481 e. The molecule has 1 atom stereocenters. The summed E-state index contributed by atoms with van der Waals surface area (Å²) in [6.45, 7) is 3.16. The van der Waals surface area contributed by atoms with Gasteiger partial charge >= 0.3 is 5.97 Å². The molecule has 2 rings (SSSR count). The summed E-state index contributed by atoms with van der Waals surface area (Å²) in [6.07, 6.45) is 0.754. The van der Waals surface area contributed by atoms with Crippen LogP contribution in [0.5, 0.6) is 0 Å². The van der Waals surface area contributed by atoms with Crippen molar-refractivity contribution in [3.8, 4) is 0 Å². The molecule has 0 radical (unpaired) electrons. The van der Waals surface area contributed by atoms with Crippen LogP contribution >= 0.6 is 0 Å². The Bertz CT molecular complexity index is 534. The Hall–Kier alpha value is -2.22. The predicted octanol–water partition coefficient (Wildman–Crippen LogP) is 0.978. The average molecular weight is 281 g/mol. The van der Waals surface area contributed by atoms with Crippen LogP contribution in [0.4, 0.5) is 11.5 Å². The second-order valence-corrected chi connectivity index (χ2v) is 4.63. The van der Waals surface area contributed by atoms with Gasteiger partial charge in [-0.3, -0.25) is 14.9 Å². The Kier molecular flexibility index (Phi) is 4.14. The quantitative estimate of drug-likeness (QED) is 0.647. The first-order valence-corrected chi connectivity index (χ1v) is 6.16. The second kappa shape index (κ2) is 5.83. The van der Waals surface area contributed by atoms with E-state index in [1.54, 1.807) is 6.92 Å². The SMILES string of the molecule is Cc1cc([N+](=O)[O-])cnc1N1CCOC(CC(=O)O)C1. The molecule has 0 aromatic carbocycles. The number of rotatable bonds is 4. The lowest BCUT2D eigenvalue weighted by atomic mass is 10.2. The van der Waals surface area contributed by atoms with Crippen molar-refractivity contribution in [1.82, 2.24) is 4.98 Å². The number of aliphatic carboxylic acids is 1. The molecule has 0 saturated carbocycles. The fourth-order valence-electron chi connectivity index (χ4n) is 2.21. The molecule has 108 valence electrons. The zero-order valence-corrected chi connectivity index (χ0v) is 11.0. The molecular formula is C12H15N3O5. The van der Waals surface area contributed by atoms with E-state index in [1.165, 1.54) is 12.3 Å². The number of hydrogen-bond donors (Lipinski definition) is 1. The summed E-state index contributed by atoms with van der Waals surface area (Å²) in [6, 6.07) is 1.46. The molecule has 20 heavy (non-hydrogen) atoms. The molecule has 8 heteroatoms. The van der Waals surface area contributed by atoms with Gasteiger partial charge in [-0.25, -0.2) is 4.98 Å². The number of pyridine rings is 1. The summed E-state index contributed by atoms with van der Waals surface area (Å²) in [5.41, 5.74) is 0.636. The number of aromatic nitrogens is 1. The maximum absolute atomic E-state index is 10.7.